The normalized spacial score (nSPS) is 10.2. The van der Waals surface area contributed by atoms with Gasteiger partial charge in [0.2, 0.25) is 0 Å². The van der Waals surface area contributed by atoms with Crippen LogP contribution in [0.1, 0.15) is 16.1 Å². The van der Waals surface area contributed by atoms with Gasteiger partial charge in [-0.2, -0.15) is 0 Å². The van der Waals surface area contributed by atoms with E-state index in [-0.39, 0.29) is 5.69 Å². The molecule has 0 atom stereocenters. The van der Waals surface area contributed by atoms with Crippen molar-refractivity contribution in [3.05, 3.63) is 40.4 Å². The van der Waals surface area contributed by atoms with Crippen LogP contribution in [0, 0.1) is 6.92 Å². The Balaban J connectivity index is 2.58. The van der Waals surface area contributed by atoms with Crippen LogP contribution in [0.25, 0.3) is 11.4 Å². The molecule has 2 heterocycles. The van der Waals surface area contributed by atoms with Crippen LogP contribution in [0.5, 0.6) is 0 Å². The molecule has 2 aromatic rings. The van der Waals surface area contributed by atoms with E-state index in [2.05, 4.69) is 30.9 Å². The van der Waals surface area contributed by atoms with Gasteiger partial charge in [0.05, 0.1) is 4.47 Å². The summed E-state index contributed by atoms with van der Waals surface area (Å²) in [6.07, 6.45) is 4.71. The second kappa shape index (κ2) is 4.58. The van der Waals surface area contributed by atoms with Gasteiger partial charge in [-0.25, -0.2) is 14.8 Å². The zero-order chi connectivity index (χ0) is 12.4. The predicted molar refractivity (Wildman–Crippen MR) is 64.7 cm³/mol. The molecule has 1 N–H and O–H groups in total. The van der Waals surface area contributed by atoms with E-state index in [9.17, 15) is 4.79 Å². The molecule has 0 aromatic carbocycles. The molecule has 0 unspecified atom stereocenters. The average molecular weight is 294 g/mol. The molecule has 0 amide bonds. The molecule has 6 heteroatoms. The summed E-state index contributed by atoms with van der Waals surface area (Å²) < 4.78 is 0.357. The van der Waals surface area contributed by atoms with Gasteiger partial charge in [0.15, 0.2) is 11.5 Å². The van der Waals surface area contributed by atoms with Crippen LogP contribution in [0.4, 0.5) is 0 Å². The lowest BCUT2D eigenvalue weighted by atomic mass is 10.1. The Morgan fingerprint density at radius 2 is 2.18 bits per heavy atom. The lowest BCUT2D eigenvalue weighted by Crippen LogP contribution is -2.04. The molecule has 5 nitrogen and oxygen atoms in total. The van der Waals surface area contributed by atoms with E-state index in [0.29, 0.717) is 10.3 Å². The molecule has 0 spiro atoms. The summed E-state index contributed by atoms with van der Waals surface area (Å²) in [7, 11) is 0. The molecule has 0 radical (unpaired) electrons. The van der Waals surface area contributed by atoms with Gasteiger partial charge in [-0.1, -0.05) is 0 Å². The quantitative estimate of drug-likeness (QED) is 0.919. The molecule has 2 aromatic heterocycles. The highest BCUT2D eigenvalue weighted by Crippen LogP contribution is 2.21. The number of carboxylic acid groups (broad SMARTS) is 1. The largest absolute Gasteiger partial charge is 0.476 e. The van der Waals surface area contributed by atoms with E-state index in [1.807, 2.05) is 13.0 Å². The second-order valence-corrected chi connectivity index (χ2v) is 4.24. The molecular weight excluding hydrogens is 286 g/mol. The molecule has 0 aliphatic rings. The molecule has 0 fully saturated rings. The number of rotatable bonds is 2. The second-order valence-electron chi connectivity index (χ2n) is 3.39. The molecule has 0 bridgehead atoms. The van der Waals surface area contributed by atoms with Gasteiger partial charge in [0.25, 0.3) is 0 Å². The lowest BCUT2D eigenvalue weighted by Gasteiger charge is -2.05. The first-order valence-electron chi connectivity index (χ1n) is 4.76. The topological polar surface area (TPSA) is 76.0 Å². The maximum absolute atomic E-state index is 11.0. The van der Waals surface area contributed by atoms with Crippen LogP contribution in [0.15, 0.2) is 29.1 Å². The van der Waals surface area contributed by atoms with E-state index >= 15 is 0 Å². The van der Waals surface area contributed by atoms with Gasteiger partial charge in [-0.15, -0.1) is 0 Å². The third-order valence-electron chi connectivity index (χ3n) is 2.23. The van der Waals surface area contributed by atoms with Gasteiger partial charge in [-0.05, 0) is 34.5 Å². The molecule has 0 aliphatic carbocycles. The number of aromatic carboxylic acids is 1. The van der Waals surface area contributed by atoms with Crippen molar-refractivity contribution in [2.75, 3.05) is 0 Å². The van der Waals surface area contributed by atoms with Crippen molar-refractivity contribution in [3.63, 3.8) is 0 Å². The fourth-order valence-electron chi connectivity index (χ4n) is 1.34. The minimum absolute atomic E-state index is 0.0572. The first kappa shape index (κ1) is 11.7. The number of aryl methyl sites for hydroxylation is 1. The molecular formula is C11H8BrN3O2. The summed E-state index contributed by atoms with van der Waals surface area (Å²) in [5.41, 5.74) is 1.61. The maximum atomic E-state index is 11.0. The minimum Gasteiger partial charge on any atom is -0.476 e. The number of pyridine rings is 1. The first-order valence-corrected chi connectivity index (χ1v) is 5.55. The molecule has 0 saturated heterocycles. The zero-order valence-corrected chi connectivity index (χ0v) is 10.5. The molecule has 17 heavy (non-hydrogen) atoms. The van der Waals surface area contributed by atoms with Gasteiger partial charge in [0.1, 0.15) is 0 Å². The Morgan fingerprint density at radius 3 is 2.82 bits per heavy atom. The summed E-state index contributed by atoms with van der Waals surface area (Å²) in [4.78, 5) is 23.0. The molecule has 0 saturated carbocycles. The summed E-state index contributed by atoms with van der Waals surface area (Å²) in [6.45, 7) is 1.89. The highest BCUT2D eigenvalue weighted by atomic mass is 79.9. The summed E-state index contributed by atoms with van der Waals surface area (Å²) in [6, 6.07) is 1.82. The van der Waals surface area contributed by atoms with Gasteiger partial charge >= 0.3 is 5.97 Å². The summed E-state index contributed by atoms with van der Waals surface area (Å²) in [5.74, 6) is -0.738. The standard InChI is InChI=1S/C11H8BrN3O2/c1-6-2-3-13-4-7(6)10-14-5-8(12)9(15-10)11(16)17/h2-5H,1H3,(H,16,17). The number of hydrogen-bond donors (Lipinski definition) is 1. The van der Waals surface area contributed by atoms with E-state index in [1.54, 1.807) is 12.4 Å². The van der Waals surface area contributed by atoms with Crippen molar-refractivity contribution < 1.29 is 9.90 Å². The lowest BCUT2D eigenvalue weighted by molar-refractivity contribution is 0.0689. The SMILES string of the molecule is Cc1ccncc1-c1ncc(Br)c(C(=O)O)n1. The predicted octanol–water partition coefficient (Wildman–Crippen LogP) is 2.31. The van der Waals surface area contributed by atoms with Crippen LogP contribution in [-0.2, 0) is 0 Å². The Morgan fingerprint density at radius 1 is 1.41 bits per heavy atom. The number of carboxylic acids is 1. The highest BCUT2D eigenvalue weighted by Gasteiger charge is 2.14. The van der Waals surface area contributed by atoms with E-state index in [1.165, 1.54) is 6.20 Å². The number of halogens is 1. The van der Waals surface area contributed by atoms with E-state index in [4.69, 9.17) is 5.11 Å². The van der Waals surface area contributed by atoms with Crippen LogP contribution in [0.2, 0.25) is 0 Å². The Hall–Kier alpha value is -1.82. The van der Waals surface area contributed by atoms with Crippen molar-refractivity contribution in [1.82, 2.24) is 15.0 Å². The maximum Gasteiger partial charge on any atom is 0.355 e. The van der Waals surface area contributed by atoms with Crippen molar-refractivity contribution in [2.24, 2.45) is 0 Å². The van der Waals surface area contributed by atoms with Crippen molar-refractivity contribution in [1.29, 1.82) is 0 Å². The van der Waals surface area contributed by atoms with Crippen LogP contribution < -0.4 is 0 Å². The molecule has 86 valence electrons. The molecule has 2 rings (SSSR count). The zero-order valence-electron chi connectivity index (χ0n) is 8.88. The van der Waals surface area contributed by atoms with Crippen molar-refractivity contribution in [3.8, 4) is 11.4 Å². The smallest absolute Gasteiger partial charge is 0.355 e. The summed E-state index contributed by atoms with van der Waals surface area (Å²) >= 11 is 3.10. The number of aromatic nitrogens is 3. The van der Waals surface area contributed by atoms with Crippen LogP contribution >= 0.6 is 15.9 Å². The van der Waals surface area contributed by atoms with Crippen molar-refractivity contribution >= 4 is 21.9 Å². The van der Waals surface area contributed by atoms with Crippen molar-refractivity contribution in [2.45, 2.75) is 6.92 Å². The number of carbonyl (C=O) groups is 1. The monoisotopic (exact) mass is 293 g/mol. The Bertz CT molecular complexity index is 587. The first-order chi connectivity index (χ1) is 8.09. The average Bonchev–Trinajstić information content (AvgIpc) is 2.30. The van der Waals surface area contributed by atoms with Crippen LogP contribution in [-0.4, -0.2) is 26.0 Å². The van der Waals surface area contributed by atoms with E-state index in [0.717, 1.165) is 11.1 Å². The van der Waals surface area contributed by atoms with Crippen LogP contribution in [0.3, 0.4) is 0 Å². The van der Waals surface area contributed by atoms with Gasteiger partial charge in [0, 0.05) is 24.2 Å². The fraction of sp³-hybridized carbons (Fsp3) is 0.0909. The van der Waals surface area contributed by atoms with E-state index < -0.39 is 5.97 Å². The van der Waals surface area contributed by atoms with Gasteiger partial charge in [-0.3, -0.25) is 4.98 Å². The third-order valence-corrected chi connectivity index (χ3v) is 2.81. The van der Waals surface area contributed by atoms with Gasteiger partial charge < -0.3 is 5.11 Å². The Kier molecular flexibility index (Phi) is 3.14. The molecule has 0 aliphatic heterocycles. The third kappa shape index (κ3) is 2.31. The summed E-state index contributed by atoms with van der Waals surface area (Å²) in [5, 5.41) is 8.97. The fourth-order valence-corrected chi connectivity index (χ4v) is 1.71. The number of nitrogens with zero attached hydrogens (tertiary/aromatic N) is 3. The Labute approximate surface area is 106 Å². The minimum atomic E-state index is -1.10. The number of hydrogen-bond acceptors (Lipinski definition) is 4. The highest BCUT2D eigenvalue weighted by molar-refractivity contribution is 9.10.